The van der Waals surface area contributed by atoms with E-state index in [1.165, 1.54) is 5.57 Å². The Morgan fingerprint density at radius 2 is 1.80 bits per heavy atom. The number of hydrogen-bond donors (Lipinski definition) is 0. The third-order valence-corrected chi connectivity index (χ3v) is 7.61. The third-order valence-electron chi connectivity index (χ3n) is 7.37. The molecule has 2 aliphatic heterocycles. The quantitative estimate of drug-likeness (QED) is 0.502. The van der Waals surface area contributed by atoms with Gasteiger partial charge in [0, 0.05) is 33.5 Å². The first kappa shape index (κ1) is 18.3. The largest absolute Gasteiger partial charge is 0.486 e. The van der Waals surface area contributed by atoms with Crippen LogP contribution in [0.1, 0.15) is 55.1 Å². The van der Waals surface area contributed by atoms with Crippen LogP contribution in [0.5, 0.6) is 5.75 Å². The lowest BCUT2D eigenvalue weighted by atomic mass is 9.59. The number of ether oxygens (including phenoxy) is 2. The number of ketones is 1. The molecule has 3 atom stereocenters. The molecule has 2 aromatic carbocycles. The average Bonchev–Trinajstić information content (AvgIpc) is 2.97. The Balaban J connectivity index is 1.60. The van der Waals surface area contributed by atoms with Gasteiger partial charge in [-0.2, -0.15) is 0 Å². The highest BCUT2D eigenvalue weighted by atomic mass is 35.5. The lowest BCUT2D eigenvalue weighted by Crippen LogP contribution is -2.53. The first-order chi connectivity index (χ1) is 14.3. The van der Waals surface area contributed by atoms with Gasteiger partial charge in [0.05, 0.1) is 5.57 Å². The van der Waals surface area contributed by atoms with Crippen molar-refractivity contribution in [3.8, 4) is 5.75 Å². The van der Waals surface area contributed by atoms with Crippen molar-refractivity contribution < 1.29 is 14.3 Å². The molecule has 1 saturated carbocycles. The van der Waals surface area contributed by atoms with E-state index in [4.69, 9.17) is 21.1 Å². The van der Waals surface area contributed by atoms with Gasteiger partial charge in [0.1, 0.15) is 22.7 Å². The summed E-state index contributed by atoms with van der Waals surface area (Å²) in [6, 6.07) is 13.5. The SMILES string of the molecule is CC1(C)OC2=C(C(=O)c3ccccc32)[C@H]2C3=Cc4cc(Cl)ccc4O[C@@]3(C)CC[C@H]21. The van der Waals surface area contributed by atoms with Crippen molar-refractivity contribution in [3.63, 3.8) is 0 Å². The molecule has 2 aliphatic carbocycles. The van der Waals surface area contributed by atoms with Crippen LogP contribution in [0.15, 0.2) is 53.6 Å². The Kier molecular flexibility index (Phi) is 3.53. The number of allylic oxidation sites excluding steroid dienone is 1. The van der Waals surface area contributed by atoms with Crippen molar-refractivity contribution in [1.29, 1.82) is 0 Å². The molecule has 6 rings (SSSR count). The molecular formula is C26H23ClO3. The molecule has 3 nitrogen and oxygen atoms in total. The molecule has 4 aliphatic rings. The van der Waals surface area contributed by atoms with E-state index in [2.05, 4.69) is 26.8 Å². The van der Waals surface area contributed by atoms with E-state index < -0.39 is 5.60 Å². The van der Waals surface area contributed by atoms with Crippen molar-refractivity contribution in [2.75, 3.05) is 0 Å². The molecule has 30 heavy (non-hydrogen) atoms. The summed E-state index contributed by atoms with van der Waals surface area (Å²) >= 11 is 6.27. The number of halogens is 1. The van der Waals surface area contributed by atoms with Gasteiger partial charge in [-0.15, -0.1) is 0 Å². The van der Waals surface area contributed by atoms with Gasteiger partial charge in [-0.1, -0.05) is 35.9 Å². The standard InChI is InChI=1S/C26H23ClO3/c1-25(2)18-10-11-26(3)19(13-14-12-15(27)8-9-20(14)29-26)21(18)22-23(28)16-6-4-5-7-17(16)24(22)30-25/h4-9,12-13,18,21H,10-11H2,1-3H3/t18-,21-,26+/m1/s1. The van der Waals surface area contributed by atoms with Crippen LogP contribution in [0, 0.1) is 11.8 Å². The van der Waals surface area contributed by atoms with Gasteiger partial charge < -0.3 is 9.47 Å². The van der Waals surface area contributed by atoms with E-state index in [1.807, 2.05) is 42.5 Å². The van der Waals surface area contributed by atoms with Crippen LogP contribution in [-0.4, -0.2) is 17.0 Å². The minimum Gasteiger partial charge on any atom is -0.486 e. The number of rotatable bonds is 0. The fourth-order valence-corrected chi connectivity index (χ4v) is 6.07. The third kappa shape index (κ3) is 2.30. The molecule has 0 aromatic heterocycles. The maximum absolute atomic E-state index is 13.5. The van der Waals surface area contributed by atoms with Crippen LogP contribution in [0.3, 0.4) is 0 Å². The van der Waals surface area contributed by atoms with Crippen LogP contribution in [0.2, 0.25) is 5.02 Å². The number of hydrogen-bond acceptors (Lipinski definition) is 3. The minimum absolute atomic E-state index is 0.0328. The van der Waals surface area contributed by atoms with Gasteiger partial charge in [0.25, 0.3) is 0 Å². The molecule has 0 unspecified atom stereocenters. The predicted octanol–water partition coefficient (Wildman–Crippen LogP) is 6.32. The van der Waals surface area contributed by atoms with E-state index in [-0.39, 0.29) is 23.2 Å². The second-order valence-corrected chi connectivity index (χ2v) is 10.00. The van der Waals surface area contributed by atoms with Gasteiger partial charge in [-0.3, -0.25) is 4.79 Å². The molecule has 2 aromatic rings. The zero-order valence-corrected chi connectivity index (χ0v) is 18.0. The second-order valence-electron chi connectivity index (χ2n) is 9.56. The summed E-state index contributed by atoms with van der Waals surface area (Å²) in [4.78, 5) is 13.5. The summed E-state index contributed by atoms with van der Waals surface area (Å²) in [6.07, 6.45) is 4.04. The lowest BCUT2D eigenvalue weighted by molar-refractivity contribution is -0.0478. The Bertz CT molecular complexity index is 1190. The number of carbonyl (C=O) groups excluding carboxylic acids is 1. The van der Waals surface area contributed by atoms with Crippen LogP contribution in [-0.2, 0) is 4.74 Å². The summed E-state index contributed by atoms with van der Waals surface area (Å²) in [7, 11) is 0. The molecule has 4 heteroatoms. The summed E-state index contributed by atoms with van der Waals surface area (Å²) in [5.74, 6) is 1.87. The van der Waals surface area contributed by atoms with Crippen molar-refractivity contribution >= 4 is 29.2 Å². The van der Waals surface area contributed by atoms with Gasteiger partial charge >= 0.3 is 0 Å². The predicted molar refractivity (Wildman–Crippen MR) is 118 cm³/mol. The van der Waals surface area contributed by atoms with Crippen molar-refractivity contribution in [2.45, 2.75) is 44.8 Å². The van der Waals surface area contributed by atoms with E-state index >= 15 is 0 Å². The molecule has 0 bridgehead atoms. The zero-order valence-electron chi connectivity index (χ0n) is 17.3. The molecule has 0 saturated heterocycles. The topological polar surface area (TPSA) is 35.5 Å². The van der Waals surface area contributed by atoms with Gasteiger partial charge in [-0.05, 0) is 63.5 Å². The highest BCUT2D eigenvalue weighted by molar-refractivity contribution is 6.30. The molecule has 0 N–H and O–H groups in total. The smallest absolute Gasteiger partial charge is 0.194 e. The van der Waals surface area contributed by atoms with Crippen molar-refractivity contribution in [3.05, 3.63) is 75.3 Å². The average molecular weight is 419 g/mol. The zero-order chi connectivity index (χ0) is 20.8. The number of carbonyl (C=O) groups is 1. The van der Waals surface area contributed by atoms with Gasteiger partial charge in [0.15, 0.2) is 5.78 Å². The molecule has 1 fully saturated rings. The number of benzene rings is 2. The lowest BCUT2D eigenvalue weighted by Gasteiger charge is -2.53. The number of Topliss-reactive ketones (excluding diaryl/α,β-unsaturated/α-hetero) is 1. The first-order valence-corrected chi connectivity index (χ1v) is 10.9. The summed E-state index contributed by atoms with van der Waals surface area (Å²) < 4.78 is 13.1. The maximum atomic E-state index is 13.5. The van der Waals surface area contributed by atoms with Crippen LogP contribution in [0.4, 0.5) is 0 Å². The highest BCUT2D eigenvalue weighted by Crippen LogP contribution is 2.59. The van der Waals surface area contributed by atoms with Gasteiger partial charge in [0.2, 0.25) is 0 Å². The molecule has 0 spiro atoms. The van der Waals surface area contributed by atoms with Crippen molar-refractivity contribution in [1.82, 2.24) is 0 Å². The molecule has 0 radical (unpaired) electrons. The minimum atomic E-state index is -0.442. The Hall–Kier alpha value is -2.52. The van der Waals surface area contributed by atoms with E-state index in [0.29, 0.717) is 5.02 Å². The Morgan fingerprint density at radius 3 is 2.60 bits per heavy atom. The van der Waals surface area contributed by atoms with Crippen LogP contribution >= 0.6 is 11.6 Å². The fraction of sp³-hybridized carbons (Fsp3) is 0.346. The summed E-state index contributed by atoms with van der Waals surface area (Å²) in [6.45, 7) is 6.46. The molecule has 152 valence electrons. The normalized spacial score (nSPS) is 30.1. The first-order valence-electron chi connectivity index (χ1n) is 10.6. The van der Waals surface area contributed by atoms with E-state index in [0.717, 1.165) is 46.6 Å². The van der Waals surface area contributed by atoms with Crippen molar-refractivity contribution in [2.24, 2.45) is 11.8 Å². The number of fused-ring (bicyclic) bond motifs is 7. The molecule has 2 heterocycles. The highest BCUT2D eigenvalue weighted by Gasteiger charge is 2.57. The summed E-state index contributed by atoms with van der Waals surface area (Å²) in [5.41, 5.74) is 3.78. The molecular weight excluding hydrogens is 396 g/mol. The van der Waals surface area contributed by atoms with E-state index in [1.54, 1.807) is 0 Å². The maximum Gasteiger partial charge on any atom is 0.194 e. The monoisotopic (exact) mass is 418 g/mol. The Labute approximate surface area is 181 Å². The molecule has 0 amide bonds. The van der Waals surface area contributed by atoms with Crippen LogP contribution < -0.4 is 4.74 Å². The fourth-order valence-electron chi connectivity index (χ4n) is 5.88. The van der Waals surface area contributed by atoms with Crippen LogP contribution in [0.25, 0.3) is 11.8 Å². The Morgan fingerprint density at radius 1 is 1.03 bits per heavy atom. The second kappa shape index (κ2) is 5.79. The van der Waals surface area contributed by atoms with Gasteiger partial charge in [-0.25, -0.2) is 0 Å². The van der Waals surface area contributed by atoms with E-state index in [9.17, 15) is 4.79 Å². The summed E-state index contributed by atoms with van der Waals surface area (Å²) in [5, 5.41) is 0.682.